The van der Waals surface area contributed by atoms with Crippen LogP contribution in [0.15, 0.2) is 24.3 Å². The molecule has 3 heteroatoms. The topological polar surface area (TPSA) is 41.5 Å². The third-order valence-electron chi connectivity index (χ3n) is 4.91. The summed E-state index contributed by atoms with van der Waals surface area (Å²) in [7, 11) is 0. The highest BCUT2D eigenvalue weighted by atomic mass is 16.5. The summed E-state index contributed by atoms with van der Waals surface area (Å²) < 4.78 is 6.43. The van der Waals surface area contributed by atoms with Gasteiger partial charge in [-0.1, -0.05) is 24.6 Å². The molecule has 1 aliphatic heterocycles. The van der Waals surface area contributed by atoms with E-state index in [1.54, 1.807) is 0 Å². The molecule has 0 aromatic heterocycles. The lowest BCUT2D eigenvalue weighted by Gasteiger charge is -2.44. The van der Waals surface area contributed by atoms with Crippen LogP contribution in [0.25, 0.3) is 0 Å². The monoisotopic (exact) mass is 289 g/mol. The Morgan fingerprint density at radius 1 is 1.29 bits per heavy atom. The van der Waals surface area contributed by atoms with Gasteiger partial charge in [-0.25, -0.2) is 0 Å². The smallest absolute Gasteiger partial charge is 0.124 e. The van der Waals surface area contributed by atoms with Gasteiger partial charge in [-0.05, 0) is 51.6 Å². The molecule has 0 amide bonds. The van der Waals surface area contributed by atoms with E-state index in [1.807, 2.05) is 6.92 Å². The van der Waals surface area contributed by atoms with Crippen molar-refractivity contribution in [2.45, 2.75) is 69.6 Å². The first-order chi connectivity index (χ1) is 10.2. The van der Waals surface area contributed by atoms with Crippen molar-refractivity contribution < 1.29 is 9.84 Å². The third-order valence-corrected chi connectivity index (χ3v) is 4.91. The van der Waals surface area contributed by atoms with Gasteiger partial charge in [-0.3, -0.25) is 0 Å². The SMILES string of the molecule is CC(O)CCNC1CC2(CCCCC2)Oc2ccccc21. The summed E-state index contributed by atoms with van der Waals surface area (Å²) in [6.07, 6.45) is 7.87. The molecule has 3 nitrogen and oxygen atoms in total. The minimum absolute atomic E-state index is 0.0368. The van der Waals surface area contributed by atoms with E-state index in [2.05, 4.69) is 29.6 Å². The minimum atomic E-state index is -0.240. The third kappa shape index (κ3) is 3.41. The molecule has 0 bridgehead atoms. The number of fused-ring (bicyclic) bond motifs is 1. The highest BCUT2D eigenvalue weighted by Crippen LogP contribution is 2.45. The summed E-state index contributed by atoms with van der Waals surface area (Å²) >= 11 is 0. The molecular weight excluding hydrogens is 262 g/mol. The van der Waals surface area contributed by atoms with Gasteiger partial charge in [0, 0.05) is 18.0 Å². The number of hydrogen-bond acceptors (Lipinski definition) is 3. The quantitative estimate of drug-likeness (QED) is 0.890. The highest BCUT2D eigenvalue weighted by Gasteiger charge is 2.41. The Labute approximate surface area is 127 Å². The Morgan fingerprint density at radius 3 is 2.81 bits per heavy atom. The van der Waals surface area contributed by atoms with Crippen molar-refractivity contribution in [2.24, 2.45) is 0 Å². The molecule has 2 atom stereocenters. The van der Waals surface area contributed by atoms with E-state index in [4.69, 9.17) is 4.74 Å². The lowest BCUT2D eigenvalue weighted by molar-refractivity contribution is -0.00293. The van der Waals surface area contributed by atoms with Crippen LogP contribution in [0, 0.1) is 0 Å². The minimum Gasteiger partial charge on any atom is -0.487 e. The molecule has 2 aliphatic rings. The maximum Gasteiger partial charge on any atom is 0.124 e. The molecule has 21 heavy (non-hydrogen) atoms. The fourth-order valence-electron chi connectivity index (χ4n) is 3.77. The first-order valence-electron chi connectivity index (χ1n) is 8.38. The molecule has 2 unspecified atom stereocenters. The van der Waals surface area contributed by atoms with Crippen LogP contribution in [-0.4, -0.2) is 23.4 Å². The average molecular weight is 289 g/mol. The molecule has 1 saturated carbocycles. The maximum absolute atomic E-state index is 9.45. The largest absolute Gasteiger partial charge is 0.487 e. The van der Waals surface area contributed by atoms with Crippen molar-refractivity contribution in [2.75, 3.05) is 6.54 Å². The second-order valence-corrected chi connectivity index (χ2v) is 6.73. The summed E-state index contributed by atoms with van der Waals surface area (Å²) in [4.78, 5) is 0. The molecule has 1 fully saturated rings. The normalized spacial score (nSPS) is 25.1. The fraction of sp³-hybridized carbons (Fsp3) is 0.667. The highest BCUT2D eigenvalue weighted by molar-refractivity contribution is 5.39. The molecule has 2 N–H and O–H groups in total. The van der Waals surface area contributed by atoms with Gasteiger partial charge in [0.2, 0.25) is 0 Å². The molecule has 1 aromatic carbocycles. The number of nitrogens with one attached hydrogen (secondary N) is 1. The zero-order valence-corrected chi connectivity index (χ0v) is 13.0. The van der Waals surface area contributed by atoms with Crippen LogP contribution < -0.4 is 10.1 Å². The van der Waals surface area contributed by atoms with E-state index < -0.39 is 0 Å². The Morgan fingerprint density at radius 2 is 2.05 bits per heavy atom. The molecule has 0 radical (unpaired) electrons. The van der Waals surface area contributed by atoms with Gasteiger partial charge in [0.15, 0.2) is 0 Å². The lowest BCUT2D eigenvalue weighted by Crippen LogP contribution is -2.45. The predicted molar refractivity (Wildman–Crippen MR) is 84.5 cm³/mol. The molecular formula is C18H27NO2. The van der Waals surface area contributed by atoms with Crippen LogP contribution in [-0.2, 0) is 0 Å². The molecule has 1 aliphatic carbocycles. The zero-order chi connectivity index (χ0) is 14.7. The van der Waals surface area contributed by atoms with Gasteiger partial charge < -0.3 is 15.2 Å². The van der Waals surface area contributed by atoms with Crippen molar-refractivity contribution in [1.29, 1.82) is 0 Å². The van der Waals surface area contributed by atoms with Gasteiger partial charge in [0.1, 0.15) is 11.4 Å². The van der Waals surface area contributed by atoms with Crippen LogP contribution in [0.1, 0.15) is 63.5 Å². The number of aliphatic hydroxyl groups is 1. The Hall–Kier alpha value is -1.06. The van der Waals surface area contributed by atoms with Crippen LogP contribution >= 0.6 is 0 Å². The number of rotatable bonds is 4. The zero-order valence-electron chi connectivity index (χ0n) is 13.0. The van der Waals surface area contributed by atoms with Gasteiger partial charge in [0.05, 0.1) is 6.10 Å². The Bertz CT molecular complexity index is 466. The maximum atomic E-state index is 9.45. The fourth-order valence-corrected chi connectivity index (χ4v) is 3.77. The van der Waals surface area contributed by atoms with E-state index in [-0.39, 0.29) is 11.7 Å². The van der Waals surface area contributed by atoms with Crippen molar-refractivity contribution >= 4 is 0 Å². The van der Waals surface area contributed by atoms with Crippen molar-refractivity contribution in [3.8, 4) is 5.75 Å². The van der Waals surface area contributed by atoms with E-state index >= 15 is 0 Å². The Kier molecular flexibility index (Phi) is 4.51. The number of aliphatic hydroxyl groups excluding tert-OH is 1. The predicted octanol–water partition coefficient (Wildman–Crippen LogP) is 3.57. The van der Waals surface area contributed by atoms with Crippen LogP contribution in [0.4, 0.5) is 0 Å². The average Bonchev–Trinajstić information content (AvgIpc) is 2.47. The summed E-state index contributed by atoms with van der Waals surface area (Å²) in [5.74, 6) is 1.06. The molecule has 3 rings (SSSR count). The summed E-state index contributed by atoms with van der Waals surface area (Å²) in [5, 5.41) is 13.1. The number of para-hydroxylation sites is 1. The van der Waals surface area contributed by atoms with E-state index in [0.717, 1.165) is 25.1 Å². The summed E-state index contributed by atoms with van der Waals surface area (Å²) in [5.41, 5.74) is 1.31. The first-order valence-corrected chi connectivity index (χ1v) is 8.38. The van der Waals surface area contributed by atoms with Gasteiger partial charge in [-0.2, -0.15) is 0 Å². The molecule has 0 saturated heterocycles. The standard InChI is InChI=1S/C18H27NO2/c1-14(20)9-12-19-16-13-18(10-5-2-6-11-18)21-17-8-4-3-7-15(16)17/h3-4,7-8,14,16,19-20H,2,5-6,9-13H2,1H3. The van der Waals surface area contributed by atoms with Gasteiger partial charge in [0.25, 0.3) is 0 Å². The Balaban J connectivity index is 1.77. The number of hydrogen-bond donors (Lipinski definition) is 2. The lowest BCUT2D eigenvalue weighted by atomic mass is 9.77. The van der Waals surface area contributed by atoms with Crippen molar-refractivity contribution in [3.05, 3.63) is 29.8 Å². The van der Waals surface area contributed by atoms with E-state index in [9.17, 15) is 5.11 Å². The van der Waals surface area contributed by atoms with E-state index in [0.29, 0.717) is 6.04 Å². The number of ether oxygens (including phenoxy) is 1. The van der Waals surface area contributed by atoms with Crippen LogP contribution in [0.5, 0.6) is 5.75 Å². The summed E-state index contributed by atoms with van der Waals surface area (Å²) in [6, 6.07) is 8.78. The van der Waals surface area contributed by atoms with Crippen molar-refractivity contribution in [3.63, 3.8) is 0 Å². The van der Waals surface area contributed by atoms with Crippen LogP contribution in [0.3, 0.4) is 0 Å². The van der Waals surface area contributed by atoms with Crippen molar-refractivity contribution in [1.82, 2.24) is 5.32 Å². The first kappa shape index (κ1) is 14.9. The second kappa shape index (κ2) is 6.37. The molecule has 1 heterocycles. The number of benzene rings is 1. The van der Waals surface area contributed by atoms with Crippen LogP contribution in [0.2, 0.25) is 0 Å². The van der Waals surface area contributed by atoms with E-state index in [1.165, 1.54) is 37.7 Å². The summed E-state index contributed by atoms with van der Waals surface area (Å²) in [6.45, 7) is 2.70. The second-order valence-electron chi connectivity index (χ2n) is 6.73. The van der Waals surface area contributed by atoms with Gasteiger partial charge >= 0.3 is 0 Å². The molecule has 116 valence electrons. The van der Waals surface area contributed by atoms with Gasteiger partial charge in [-0.15, -0.1) is 0 Å². The molecule has 1 spiro atoms. The molecule has 1 aromatic rings.